The van der Waals surface area contributed by atoms with Gasteiger partial charge < -0.3 is 5.11 Å². The average molecular weight is 336 g/mol. The molecule has 1 aromatic rings. The molecule has 0 bridgehead atoms. The molecule has 0 fully saturated rings. The molecule has 1 aromatic carbocycles. The van der Waals surface area contributed by atoms with Gasteiger partial charge in [-0.25, -0.2) is 11.6 Å². The van der Waals surface area contributed by atoms with Gasteiger partial charge in [0.2, 0.25) is 0 Å². The summed E-state index contributed by atoms with van der Waals surface area (Å²) in [6.07, 6.45) is 8.33. The van der Waals surface area contributed by atoms with Crippen LogP contribution >= 0.6 is 24.8 Å². The fraction of sp³-hybridized carbons (Fsp3) is 0.267. The fourth-order valence-electron chi connectivity index (χ4n) is 1.47. The molecule has 4 heteroatoms. The predicted molar refractivity (Wildman–Crippen MR) is 85.4 cm³/mol. The van der Waals surface area contributed by atoms with Crippen molar-refractivity contribution in [1.82, 2.24) is 0 Å². The van der Waals surface area contributed by atoms with Crippen molar-refractivity contribution < 1.29 is 25.1 Å². The van der Waals surface area contributed by atoms with Crippen LogP contribution in [0.4, 0.5) is 0 Å². The molecule has 0 saturated carbocycles. The van der Waals surface area contributed by atoms with Crippen molar-refractivity contribution in [2.45, 2.75) is 27.2 Å². The van der Waals surface area contributed by atoms with Crippen LogP contribution in [0.3, 0.4) is 0 Å². The molecule has 0 amide bonds. The Kier molecular flexibility index (Phi) is 17.6. The first kappa shape index (κ1) is 23.7. The Hall–Kier alpha value is -0.336. The number of allylic oxidation sites excluding steroid dienone is 4. The number of benzene rings is 1. The van der Waals surface area contributed by atoms with Gasteiger partial charge in [0.05, 0.1) is 0 Å². The number of aryl methyl sites for hydroxylation is 2. The molecule has 0 unspecified atom stereocenters. The van der Waals surface area contributed by atoms with Gasteiger partial charge in [-0.1, -0.05) is 13.0 Å². The molecule has 1 N–H and O–H groups in total. The quantitative estimate of drug-likeness (QED) is 0.546. The van der Waals surface area contributed by atoms with E-state index in [1.807, 2.05) is 19.9 Å². The van der Waals surface area contributed by atoms with Crippen molar-refractivity contribution in [3.63, 3.8) is 0 Å². The van der Waals surface area contributed by atoms with E-state index in [0.29, 0.717) is 5.75 Å². The van der Waals surface area contributed by atoms with Crippen molar-refractivity contribution in [2.24, 2.45) is 0 Å². The Morgan fingerprint density at radius 3 is 1.74 bits per heavy atom. The molecule has 105 valence electrons. The van der Waals surface area contributed by atoms with E-state index in [-0.39, 0.29) is 24.8 Å². The molecule has 1 aliphatic carbocycles. The standard InChI is InChI=1S/C8H10O.C6H7.CH2.2ClH.Ti/c1-6-3-7(2)5-8(9)4-6;1-6-4-2-3-5-6;;;;/h3-5,9H,1-2H3;2,4H,3H2,1H3;1H2;2*1H;/q;-1;;;;+1. The van der Waals surface area contributed by atoms with Crippen molar-refractivity contribution in [2.75, 3.05) is 0 Å². The van der Waals surface area contributed by atoms with E-state index in [9.17, 15) is 0 Å². The van der Waals surface area contributed by atoms with E-state index < -0.39 is 0 Å². The average Bonchev–Trinajstić information content (AvgIpc) is 2.71. The van der Waals surface area contributed by atoms with Gasteiger partial charge in [-0.05, 0) is 37.1 Å². The fourth-order valence-corrected chi connectivity index (χ4v) is 1.47. The van der Waals surface area contributed by atoms with Crippen molar-refractivity contribution >= 4 is 29.6 Å². The van der Waals surface area contributed by atoms with E-state index in [1.165, 1.54) is 5.57 Å². The third-order valence-electron chi connectivity index (χ3n) is 2.07. The molecule has 0 aliphatic heterocycles. The molecule has 2 rings (SSSR count). The van der Waals surface area contributed by atoms with Crippen LogP contribution in [0.25, 0.3) is 0 Å². The van der Waals surface area contributed by atoms with Gasteiger partial charge in [-0.2, -0.15) is 6.08 Å². The molecule has 0 aromatic heterocycles. The summed E-state index contributed by atoms with van der Waals surface area (Å²) in [7, 11) is 0. The van der Waals surface area contributed by atoms with Crippen molar-refractivity contribution in [1.29, 1.82) is 0 Å². The van der Waals surface area contributed by atoms with Crippen LogP contribution in [-0.2, 0) is 20.0 Å². The zero-order chi connectivity index (χ0) is 13.3. The molecule has 1 nitrogen and oxygen atoms in total. The molecule has 1 aliphatic rings. The zero-order valence-corrected chi connectivity index (χ0v) is 14.8. The number of hydrogen-bond donors (Lipinski definition) is 1. The summed E-state index contributed by atoms with van der Waals surface area (Å²) in [6.45, 7) is 5.99. The van der Waals surface area contributed by atoms with Crippen LogP contribution in [0, 0.1) is 19.9 Å². The summed E-state index contributed by atoms with van der Waals surface area (Å²) in [5.41, 5.74) is 3.48. The summed E-state index contributed by atoms with van der Waals surface area (Å²) in [5, 5.41) is 8.99. The number of halogens is 2. The maximum absolute atomic E-state index is 8.99. The SMILES string of the molecule is CC1=[C-]CC=C1.Cc1cc(C)cc(O)c1.Cl.Cl.[CH2]=[Ti+]. The van der Waals surface area contributed by atoms with E-state index in [4.69, 9.17) is 5.11 Å². The Bertz CT molecular complexity index is 361. The minimum atomic E-state index is 0. The second-order valence-electron chi connectivity index (χ2n) is 3.81. The Labute approximate surface area is 140 Å². The van der Waals surface area contributed by atoms with Gasteiger partial charge in [-0.15, -0.1) is 31.2 Å². The van der Waals surface area contributed by atoms with E-state index >= 15 is 0 Å². The van der Waals surface area contributed by atoms with Gasteiger partial charge >= 0.3 is 24.8 Å². The van der Waals surface area contributed by atoms with Crippen LogP contribution < -0.4 is 0 Å². The van der Waals surface area contributed by atoms with Gasteiger partial charge in [0, 0.05) is 0 Å². The summed E-state index contributed by atoms with van der Waals surface area (Å²) >= 11 is 1.75. The summed E-state index contributed by atoms with van der Waals surface area (Å²) in [6, 6.07) is 5.51. The third kappa shape index (κ3) is 12.4. The Morgan fingerprint density at radius 2 is 1.53 bits per heavy atom. The van der Waals surface area contributed by atoms with Crippen molar-refractivity contribution in [3.05, 3.63) is 53.1 Å². The topological polar surface area (TPSA) is 20.2 Å². The molecular formula is C15H21Cl2OTi. The number of aromatic hydroxyl groups is 1. The molecule has 0 atom stereocenters. The van der Waals surface area contributed by atoms with Gasteiger partial charge in [-0.3, -0.25) is 6.08 Å². The summed E-state index contributed by atoms with van der Waals surface area (Å²) < 4.78 is 0. The second-order valence-corrected chi connectivity index (χ2v) is 3.81. The van der Waals surface area contributed by atoms with E-state index in [2.05, 4.69) is 30.0 Å². The van der Waals surface area contributed by atoms with Crippen LogP contribution in [0.2, 0.25) is 0 Å². The molecule has 0 saturated heterocycles. The monoisotopic (exact) mass is 335 g/mol. The number of rotatable bonds is 0. The Balaban J connectivity index is -0.000000227. The van der Waals surface area contributed by atoms with Crippen LogP contribution in [0.15, 0.2) is 35.9 Å². The number of phenolic OH excluding ortho intramolecular Hbond substituents is 1. The number of hydrogen-bond acceptors (Lipinski definition) is 1. The first-order chi connectivity index (χ1) is 8.08. The van der Waals surface area contributed by atoms with Gasteiger partial charge in [0.1, 0.15) is 5.75 Å². The van der Waals surface area contributed by atoms with Crippen molar-refractivity contribution in [3.8, 4) is 5.75 Å². The van der Waals surface area contributed by atoms with Crippen LogP contribution in [0.1, 0.15) is 24.5 Å². The molecule has 0 radical (unpaired) electrons. The summed E-state index contributed by atoms with van der Waals surface area (Å²) in [5.74, 6) is 0.354. The normalized spacial score (nSPS) is 10.7. The summed E-state index contributed by atoms with van der Waals surface area (Å²) in [4.78, 5) is 3.25. The minimum absolute atomic E-state index is 0. The van der Waals surface area contributed by atoms with Gasteiger partial charge in [0.25, 0.3) is 0 Å². The van der Waals surface area contributed by atoms with Crippen LogP contribution in [-0.4, -0.2) is 9.92 Å². The molecule has 0 heterocycles. The maximum atomic E-state index is 8.99. The Morgan fingerprint density at radius 1 is 1.05 bits per heavy atom. The van der Waals surface area contributed by atoms with E-state index in [0.717, 1.165) is 17.5 Å². The molecule has 0 spiro atoms. The second kappa shape index (κ2) is 14.1. The molecule has 19 heavy (non-hydrogen) atoms. The van der Waals surface area contributed by atoms with E-state index in [1.54, 1.807) is 32.1 Å². The van der Waals surface area contributed by atoms with Gasteiger partial charge in [0.15, 0.2) is 0 Å². The zero-order valence-electron chi connectivity index (χ0n) is 11.6. The number of phenols is 1. The molecular weight excluding hydrogens is 315 g/mol. The predicted octanol–water partition coefficient (Wildman–Crippen LogP) is 4.51. The first-order valence-corrected chi connectivity index (χ1v) is 6.55. The first-order valence-electron chi connectivity index (χ1n) is 5.44. The third-order valence-corrected chi connectivity index (χ3v) is 2.07. The van der Waals surface area contributed by atoms with Crippen LogP contribution in [0.5, 0.6) is 5.75 Å².